The van der Waals surface area contributed by atoms with E-state index in [0.29, 0.717) is 17.3 Å². The van der Waals surface area contributed by atoms with Crippen molar-refractivity contribution in [3.05, 3.63) is 56.4 Å². The Bertz CT molecular complexity index is 1200. The molecule has 162 valence electrons. The Balaban J connectivity index is 1.32. The number of thioether (sulfide) groups is 1. The summed E-state index contributed by atoms with van der Waals surface area (Å²) in [5.74, 6) is 1.10. The highest BCUT2D eigenvalue weighted by atomic mass is 32.2. The number of hydrogen-bond acceptors (Lipinski definition) is 6. The summed E-state index contributed by atoms with van der Waals surface area (Å²) in [7, 11) is 0. The van der Waals surface area contributed by atoms with Gasteiger partial charge in [0.1, 0.15) is 10.7 Å². The first-order valence-corrected chi connectivity index (χ1v) is 12.2. The maximum Gasteiger partial charge on any atom is 0.259 e. The van der Waals surface area contributed by atoms with Crippen molar-refractivity contribution in [3.8, 4) is 0 Å². The van der Waals surface area contributed by atoms with E-state index in [2.05, 4.69) is 20.6 Å². The van der Waals surface area contributed by atoms with E-state index in [1.165, 1.54) is 29.1 Å². The van der Waals surface area contributed by atoms with Gasteiger partial charge in [0.25, 0.3) is 5.56 Å². The van der Waals surface area contributed by atoms with Crippen molar-refractivity contribution in [1.82, 2.24) is 15.3 Å². The fourth-order valence-electron chi connectivity index (χ4n) is 3.81. The zero-order valence-corrected chi connectivity index (χ0v) is 19.0. The molecule has 0 bridgehead atoms. The van der Waals surface area contributed by atoms with Gasteiger partial charge in [0.15, 0.2) is 0 Å². The number of fused-ring (bicyclic) bond motifs is 3. The number of amides is 2. The van der Waals surface area contributed by atoms with Crippen LogP contribution in [0.15, 0.2) is 29.1 Å². The molecule has 0 saturated heterocycles. The second kappa shape index (κ2) is 9.23. The summed E-state index contributed by atoms with van der Waals surface area (Å²) in [5.41, 5.74) is 2.71. The Morgan fingerprint density at radius 2 is 2.16 bits per heavy atom. The van der Waals surface area contributed by atoms with Crippen LogP contribution in [0, 0.1) is 0 Å². The fraction of sp³-hybridized carbons (Fsp3) is 0.364. The molecule has 1 aliphatic rings. The topological polar surface area (TPSA) is 104 Å². The van der Waals surface area contributed by atoms with Crippen LogP contribution in [0.4, 0.5) is 5.69 Å². The van der Waals surface area contributed by atoms with Crippen molar-refractivity contribution in [2.24, 2.45) is 0 Å². The minimum absolute atomic E-state index is 0.0721. The smallest absolute Gasteiger partial charge is 0.259 e. The second-order valence-electron chi connectivity index (χ2n) is 7.64. The highest BCUT2D eigenvalue weighted by Crippen LogP contribution is 2.34. The molecule has 0 spiro atoms. The number of nitrogens with one attached hydrogen (secondary N) is 3. The van der Waals surface area contributed by atoms with Crippen LogP contribution in [0.5, 0.6) is 0 Å². The third-order valence-electron chi connectivity index (χ3n) is 5.18. The number of rotatable bonds is 7. The first-order valence-electron chi connectivity index (χ1n) is 10.2. The van der Waals surface area contributed by atoms with Gasteiger partial charge in [0, 0.05) is 17.5 Å². The normalized spacial score (nSPS) is 13.7. The van der Waals surface area contributed by atoms with Crippen molar-refractivity contribution in [3.63, 3.8) is 0 Å². The highest BCUT2D eigenvalue weighted by molar-refractivity contribution is 7.99. The fourth-order valence-corrected chi connectivity index (χ4v) is 5.79. The predicted molar refractivity (Wildman–Crippen MR) is 126 cm³/mol. The van der Waals surface area contributed by atoms with E-state index in [1.54, 1.807) is 11.3 Å². The Labute approximate surface area is 188 Å². The average molecular weight is 457 g/mol. The van der Waals surface area contributed by atoms with E-state index in [1.807, 2.05) is 31.2 Å². The maximum atomic E-state index is 12.5. The predicted octanol–water partition coefficient (Wildman–Crippen LogP) is 3.54. The third kappa shape index (κ3) is 4.99. The monoisotopic (exact) mass is 456 g/mol. The van der Waals surface area contributed by atoms with Crippen molar-refractivity contribution in [2.75, 3.05) is 11.1 Å². The molecule has 1 unspecified atom stereocenters. The molecule has 31 heavy (non-hydrogen) atoms. The molecule has 0 radical (unpaired) electrons. The largest absolute Gasteiger partial charge is 0.349 e. The van der Waals surface area contributed by atoms with Crippen LogP contribution in [0.2, 0.25) is 0 Å². The molecular formula is C22H24N4O3S2. The average Bonchev–Trinajstić information content (AvgIpc) is 3.28. The van der Waals surface area contributed by atoms with Gasteiger partial charge in [-0.2, -0.15) is 0 Å². The van der Waals surface area contributed by atoms with E-state index < -0.39 is 0 Å². The molecule has 1 aliphatic carbocycles. The lowest BCUT2D eigenvalue weighted by atomic mass is 10.1. The van der Waals surface area contributed by atoms with E-state index in [4.69, 9.17) is 0 Å². The van der Waals surface area contributed by atoms with E-state index in [0.717, 1.165) is 35.0 Å². The number of thiophene rings is 1. The summed E-state index contributed by atoms with van der Waals surface area (Å²) in [5, 5.41) is 6.46. The van der Waals surface area contributed by atoms with Crippen LogP contribution >= 0.6 is 23.1 Å². The van der Waals surface area contributed by atoms with Gasteiger partial charge in [-0.05, 0) is 49.4 Å². The van der Waals surface area contributed by atoms with Gasteiger partial charge in [0.2, 0.25) is 11.8 Å². The second-order valence-corrected chi connectivity index (χ2v) is 9.71. The van der Waals surface area contributed by atoms with E-state index in [-0.39, 0.29) is 29.2 Å². The van der Waals surface area contributed by atoms with E-state index >= 15 is 0 Å². The summed E-state index contributed by atoms with van der Waals surface area (Å²) in [6.45, 7) is 3.36. The van der Waals surface area contributed by atoms with Crippen molar-refractivity contribution < 1.29 is 9.59 Å². The molecule has 9 heteroatoms. The number of aromatic amines is 1. The summed E-state index contributed by atoms with van der Waals surface area (Å²) < 4.78 is 0. The lowest BCUT2D eigenvalue weighted by Gasteiger charge is -2.15. The molecule has 7 nitrogen and oxygen atoms in total. The summed E-state index contributed by atoms with van der Waals surface area (Å²) in [6.07, 6.45) is 3.10. The zero-order valence-electron chi connectivity index (χ0n) is 17.4. The molecule has 1 atom stereocenters. The number of carbonyl (C=O) groups excluding carboxylic acids is 2. The Morgan fingerprint density at radius 1 is 1.32 bits per heavy atom. The molecule has 3 aromatic rings. The molecule has 1 aromatic carbocycles. The molecule has 2 aromatic heterocycles. The molecule has 0 saturated carbocycles. The minimum Gasteiger partial charge on any atom is -0.349 e. The standard InChI is InChI=1S/C22H24N4O3S2/c1-12(14-5-3-6-15(9-14)24-13(2)27)23-19(28)11-30-10-18-25-21(29)20-16-7-4-8-17(16)31-22(20)26-18/h3,5-6,9,12H,4,7-8,10-11H2,1-2H3,(H,23,28)(H,24,27)(H,25,26,29). The Hall–Kier alpha value is -2.65. The van der Waals surface area contributed by atoms with Crippen LogP contribution in [-0.2, 0) is 28.2 Å². The quantitative estimate of drug-likeness (QED) is 0.504. The molecule has 2 heterocycles. The van der Waals surface area contributed by atoms with Gasteiger partial charge >= 0.3 is 0 Å². The van der Waals surface area contributed by atoms with Gasteiger partial charge in [0.05, 0.1) is 22.9 Å². The number of anilines is 1. The van der Waals surface area contributed by atoms with Crippen LogP contribution in [0.1, 0.15) is 48.1 Å². The number of benzene rings is 1. The van der Waals surface area contributed by atoms with Crippen LogP contribution < -0.4 is 16.2 Å². The number of hydrogen-bond donors (Lipinski definition) is 3. The number of carbonyl (C=O) groups is 2. The molecule has 4 rings (SSSR count). The number of nitrogens with zero attached hydrogens (tertiary/aromatic N) is 1. The summed E-state index contributed by atoms with van der Waals surface area (Å²) in [6, 6.07) is 7.22. The molecule has 0 aliphatic heterocycles. The van der Waals surface area contributed by atoms with Gasteiger partial charge in [-0.3, -0.25) is 14.4 Å². The SMILES string of the molecule is CC(=O)Nc1cccc(C(C)NC(=O)CSCc2nc3sc4c(c3c(=O)[nH]2)CCC4)c1. The van der Waals surface area contributed by atoms with Gasteiger partial charge in [-0.1, -0.05) is 12.1 Å². The third-order valence-corrected chi connectivity index (χ3v) is 7.31. The van der Waals surface area contributed by atoms with Crippen molar-refractivity contribution >= 4 is 50.8 Å². The van der Waals surface area contributed by atoms with Gasteiger partial charge in [-0.15, -0.1) is 23.1 Å². The summed E-state index contributed by atoms with van der Waals surface area (Å²) >= 11 is 3.03. The van der Waals surface area contributed by atoms with Crippen LogP contribution in [-0.4, -0.2) is 27.5 Å². The van der Waals surface area contributed by atoms with E-state index in [9.17, 15) is 14.4 Å². The molecule has 2 amide bonds. The Kier molecular flexibility index (Phi) is 6.43. The zero-order chi connectivity index (χ0) is 22.0. The maximum absolute atomic E-state index is 12.5. The number of H-pyrrole nitrogens is 1. The molecule has 3 N–H and O–H groups in total. The van der Waals surface area contributed by atoms with Gasteiger partial charge < -0.3 is 15.6 Å². The first-order chi connectivity index (χ1) is 14.9. The first kappa shape index (κ1) is 21.6. The van der Waals surface area contributed by atoms with Gasteiger partial charge in [-0.25, -0.2) is 4.98 Å². The number of aryl methyl sites for hydroxylation is 2. The van der Waals surface area contributed by atoms with Crippen molar-refractivity contribution in [1.29, 1.82) is 0 Å². The summed E-state index contributed by atoms with van der Waals surface area (Å²) in [4.78, 5) is 45.7. The lowest BCUT2D eigenvalue weighted by Crippen LogP contribution is -2.28. The molecule has 0 fully saturated rings. The van der Waals surface area contributed by atoms with Crippen LogP contribution in [0.25, 0.3) is 10.2 Å². The molecular weight excluding hydrogens is 432 g/mol. The number of aromatic nitrogens is 2. The lowest BCUT2D eigenvalue weighted by molar-refractivity contribution is -0.119. The van der Waals surface area contributed by atoms with Crippen molar-refractivity contribution in [2.45, 2.75) is 44.9 Å². The minimum atomic E-state index is -0.190. The van der Waals surface area contributed by atoms with Crippen LogP contribution in [0.3, 0.4) is 0 Å². The Morgan fingerprint density at radius 3 is 2.97 bits per heavy atom. The highest BCUT2D eigenvalue weighted by Gasteiger charge is 2.21.